The molecule has 0 amide bonds. The van der Waals surface area contributed by atoms with E-state index in [0.29, 0.717) is 5.82 Å². The van der Waals surface area contributed by atoms with Crippen LogP contribution in [0.1, 0.15) is 32.0 Å². The predicted molar refractivity (Wildman–Crippen MR) is 81.1 cm³/mol. The zero-order chi connectivity index (χ0) is 13.7. The van der Waals surface area contributed by atoms with Crippen molar-refractivity contribution in [2.75, 3.05) is 19.0 Å². The molecule has 104 valence electrons. The number of anilines is 1. The number of fused-ring (bicyclic) bond motifs is 1. The third kappa shape index (κ3) is 3.62. The summed E-state index contributed by atoms with van der Waals surface area (Å²) in [7, 11) is 2.10. The first-order valence-corrected chi connectivity index (χ1v) is 7.51. The Morgan fingerprint density at radius 1 is 1.37 bits per heavy atom. The molecule has 0 aliphatic rings. The number of thiophene rings is 1. The van der Waals surface area contributed by atoms with E-state index in [2.05, 4.69) is 34.3 Å². The number of aromatic nitrogens is 2. The number of rotatable bonds is 7. The van der Waals surface area contributed by atoms with Gasteiger partial charge in [0.15, 0.2) is 5.82 Å². The lowest BCUT2D eigenvalue weighted by atomic mass is 10.2. The van der Waals surface area contributed by atoms with Crippen molar-refractivity contribution in [1.29, 1.82) is 0 Å². The Morgan fingerprint density at radius 3 is 2.95 bits per heavy atom. The fourth-order valence-electron chi connectivity index (χ4n) is 2.03. The van der Waals surface area contributed by atoms with Gasteiger partial charge in [0.1, 0.15) is 10.7 Å². The van der Waals surface area contributed by atoms with E-state index in [-0.39, 0.29) is 0 Å². The molecule has 3 N–H and O–H groups in total. The summed E-state index contributed by atoms with van der Waals surface area (Å²) in [6.45, 7) is 4.05. The van der Waals surface area contributed by atoms with Crippen LogP contribution in [-0.4, -0.2) is 28.5 Å². The third-order valence-corrected chi connectivity index (χ3v) is 3.87. The molecule has 0 aromatic carbocycles. The molecule has 0 fully saturated rings. The number of hydrogen-bond donors (Lipinski definition) is 2. The fourth-order valence-corrected chi connectivity index (χ4v) is 2.82. The Bertz CT molecular complexity index is 525. The minimum absolute atomic E-state index is 0.711. The number of nitrogens with zero attached hydrogens (tertiary/aromatic N) is 3. The molecule has 2 rings (SSSR count). The van der Waals surface area contributed by atoms with Crippen molar-refractivity contribution in [3.8, 4) is 0 Å². The van der Waals surface area contributed by atoms with E-state index in [1.54, 1.807) is 11.3 Å². The standard InChI is InChI=1S/C13H21N5S/c1-3-4-5-7-18(2)9-11-15-12(17-14)10-6-8-19-13(10)16-11/h6,8H,3-5,7,9,14H2,1-2H3,(H,15,16,17). The molecule has 6 heteroatoms. The maximum atomic E-state index is 5.52. The van der Waals surface area contributed by atoms with Gasteiger partial charge >= 0.3 is 0 Å². The first kappa shape index (κ1) is 14.2. The average molecular weight is 279 g/mol. The van der Waals surface area contributed by atoms with E-state index in [9.17, 15) is 0 Å². The van der Waals surface area contributed by atoms with Gasteiger partial charge in [-0.25, -0.2) is 15.8 Å². The highest BCUT2D eigenvalue weighted by Crippen LogP contribution is 2.24. The summed E-state index contributed by atoms with van der Waals surface area (Å²) in [5, 5.41) is 3.00. The normalized spacial score (nSPS) is 11.4. The van der Waals surface area contributed by atoms with Gasteiger partial charge < -0.3 is 5.43 Å². The van der Waals surface area contributed by atoms with E-state index in [0.717, 1.165) is 29.1 Å². The van der Waals surface area contributed by atoms with Crippen molar-refractivity contribution >= 4 is 27.4 Å². The van der Waals surface area contributed by atoms with Crippen LogP contribution in [0.15, 0.2) is 11.4 Å². The van der Waals surface area contributed by atoms with Crippen LogP contribution < -0.4 is 11.3 Å². The molecule has 0 atom stereocenters. The predicted octanol–water partition coefficient (Wildman–Crippen LogP) is 2.60. The smallest absolute Gasteiger partial charge is 0.152 e. The number of nitrogen functional groups attached to an aromatic ring is 1. The van der Waals surface area contributed by atoms with Crippen LogP contribution in [0.2, 0.25) is 0 Å². The van der Waals surface area contributed by atoms with Gasteiger partial charge in [0.2, 0.25) is 0 Å². The second-order valence-electron chi connectivity index (χ2n) is 4.72. The molecule has 19 heavy (non-hydrogen) atoms. The van der Waals surface area contributed by atoms with Crippen molar-refractivity contribution in [2.24, 2.45) is 5.84 Å². The third-order valence-electron chi connectivity index (χ3n) is 3.06. The van der Waals surface area contributed by atoms with Crippen LogP contribution in [0.4, 0.5) is 5.82 Å². The number of unbranched alkanes of at least 4 members (excludes halogenated alkanes) is 2. The van der Waals surface area contributed by atoms with Gasteiger partial charge in [0.05, 0.1) is 11.9 Å². The number of nitrogens with one attached hydrogen (secondary N) is 1. The topological polar surface area (TPSA) is 67.1 Å². The molecule has 0 aliphatic heterocycles. The van der Waals surface area contributed by atoms with Gasteiger partial charge in [-0.05, 0) is 31.5 Å². The molecule has 0 saturated heterocycles. The lowest BCUT2D eigenvalue weighted by molar-refractivity contribution is 0.311. The molecule has 2 aromatic heterocycles. The van der Waals surface area contributed by atoms with Gasteiger partial charge in [-0.15, -0.1) is 11.3 Å². The number of hydrogen-bond acceptors (Lipinski definition) is 6. The summed E-state index contributed by atoms with van der Waals surface area (Å²) in [4.78, 5) is 12.3. The molecule has 5 nitrogen and oxygen atoms in total. The SMILES string of the molecule is CCCCCN(C)Cc1nc(NN)c2ccsc2n1. The van der Waals surface area contributed by atoms with Crippen molar-refractivity contribution in [3.05, 3.63) is 17.3 Å². The van der Waals surface area contributed by atoms with Crippen LogP contribution in [0.3, 0.4) is 0 Å². The maximum Gasteiger partial charge on any atom is 0.152 e. The Kier molecular flexibility index (Phi) is 5.07. The molecule has 2 aromatic rings. The Balaban J connectivity index is 2.07. The molecule has 0 spiro atoms. The molecular formula is C13H21N5S. The first-order chi connectivity index (χ1) is 9.24. The molecular weight excluding hydrogens is 258 g/mol. The summed E-state index contributed by atoms with van der Waals surface area (Å²) < 4.78 is 0. The Labute approximate surface area is 117 Å². The lowest BCUT2D eigenvalue weighted by Gasteiger charge is -2.15. The van der Waals surface area contributed by atoms with Gasteiger partial charge in [-0.1, -0.05) is 19.8 Å². The Morgan fingerprint density at radius 2 is 2.21 bits per heavy atom. The summed E-state index contributed by atoms with van der Waals surface area (Å²) in [5.74, 6) is 7.06. The van der Waals surface area contributed by atoms with Crippen LogP contribution in [0.5, 0.6) is 0 Å². The summed E-state index contributed by atoms with van der Waals surface area (Å²) >= 11 is 1.61. The van der Waals surface area contributed by atoms with E-state index in [1.165, 1.54) is 19.3 Å². The van der Waals surface area contributed by atoms with Crippen molar-refractivity contribution in [2.45, 2.75) is 32.7 Å². The Hall–Kier alpha value is -1.24. The average Bonchev–Trinajstić information content (AvgIpc) is 2.86. The maximum absolute atomic E-state index is 5.52. The fraction of sp³-hybridized carbons (Fsp3) is 0.538. The van der Waals surface area contributed by atoms with Crippen molar-refractivity contribution in [1.82, 2.24) is 14.9 Å². The number of nitrogens with two attached hydrogens (primary N) is 1. The summed E-state index contributed by atoms with van der Waals surface area (Å²) in [5.41, 5.74) is 2.66. The van der Waals surface area contributed by atoms with Gasteiger partial charge in [-0.3, -0.25) is 4.90 Å². The highest BCUT2D eigenvalue weighted by molar-refractivity contribution is 7.16. The highest BCUT2D eigenvalue weighted by Gasteiger charge is 2.09. The second kappa shape index (κ2) is 6.79. The first-order valence-electron chi connectivity index (χ1n) is 6.64. The van der Waals surface area contributed by atoms with Crippen molar-refractivity contribution in [3.63, 3.8) is 0 Å². The summed E-state index contributed by atoms with van der Waals surface area (Å²) in [6.07, 6.45) is 3.73. The highest BCUT2D eigenvalue weighted by atomic mass is 32.1. The minimum Gasteiger partial charge on any atom is -0.308 e. The molecule has 0 radical (unpaired) electrons. The molecule has 0 saturated carbocycles. The van der Waals surface area contributed by atoms with Crippen LogP contribution in [-0.2, 0) is 6.54 Å². The molecule has 0 bridgehead atoms. The molecule has 0 aliphatic carbocycles. The lowest BCUT2D eigenvalue weighted by Crippen LogP contribution is -2.21. The minimum atomic E-state index is 0.711. The second-order valence-corrected chi connectivity index (χ2v) is 5.61. The van der Waals surface area contributed by atoms with Gasteiger partial charge in [0, 0.05) is 0 Å². The van der Waals surface area contributed by atoms with Gasteiger partial charge in [0.25, 0.3) is 0 Å². The zero-order valence-electron chi connectivity index (χ0n) is 11.5. The number of hydrazine groups is 1. The van der Waals surface area contributed by atoms with Crippen LogP contribution >= 0.6 is 11.3 Å². The summed E-state index contributed by atoms with van der Waals surface area (Å²) in [6, 6.07) is 1.99. The largest absolute Gasteiger partial charge is 0.308 e. The van der Waals surface area contributed by atoms with E-state index < -0.39 is 0 Å². The monoisotopic (exact) mass is 279 g/mol. The molecule has 2 heterocycles. The van der Waals surface area contributed by atoms with Crippen LogP contribution in [0, 0.1) is 0 Å². The quantitative estimate of drug-likeness (QED) is 0.463. The molecule has 0 unspecified atom stereocenters. The van der Waals surface area contributed by atoms with Gasteiger partial charge in [-0.2, -0.15) is 0 Å². The van der Waals surface area contributed by atoms with E-state index >= 15 is 0 Å². The van der Waals surface area contributed by atoms with E-state index in [4.69, 9.17) is 5.84 Å². The van der Waals surface area contributed by atoms with E-state index in [1.807, 2.05) is 11.4 Å². The van der Waals surface area contributed by atoms with Crippen LogP contribution in [0.25, 0.3) is 10.2 Å². The zero-order valence-corrected chi connectivity index (χ0v) is 12.3. The van der Waals surface area contributed by atoms with Crippen molar-refractivity contribution < 1.29 is 0 Å².